The molecule has 0 aliphatic carbocycles. The quantitative estimate of drug-likeness (QED) is 0.709. The van der Waals surface area contributed by atoms with Crippen molar-refractivity contribution in [1.29, 1.82) is 0 Å². The fraction of sp³-hybridized carbons (Fsp3) is 0.304. The first-order valence-electron chi connectivity index (χ1n) is 9.80. The zero-order valence-corrected chi connectivity index (χ0v) is 17.3. The largest absolute Gasteiger partial charge is 0.493 e. The van der Waals surface area contributed by atoms with Crippen LogP contribution in [0.25, 0.3) is 5.57 Å². The van der Waals surface area contributed by atoms with Crippen LogP contribution in [0.1, 0.15) is 11.1 Å². The Bertz CT molecular complexity index is 1020. The van der Waals surface area contributed by atoms with Gasteiger partial charge in [0.25, 0.3) is 11.8 Å². The predicted octanol–water partition coefficient (Wildman–Crippen LogP) is 2.63. The molecule has 30 heavy (non-hydrogen) atoms. The molecule has 0 spiro atoms. The van der Waals surface area contributed by atoms with E-state index in [-0.39, 0.29) is 11.8 Å². The van der Waals surface area contributed by atoms with Gasteiger partial charge in [0.1, 0.15) is 5.70 Å². The molecule has 1 saturated heterocycles. The Morgan fingerprint density at radius 3 is 2.27 bits per heavy atom. The van der Waals surface area contributed by atoms with Crippen LogP contribution in [-0.2, 0) is 14.3 Å². The van der Waals surface area contributed by atoms with Gasteiger partial charge in [0, 0.05) is 13.1 Å². The average molecular weight is 408 g/mol. The van der Waals surface area contributed by atoms with Gasteiger partial charge in [-0.25, -0.2) is 4.90 Å². The van der Waals surface area contributed by atoms with E-state index in [1.54, 1.807) is 38.5 Å². The number of para-hydroxylation sites is 1. The number of hydrogen-bond acceptors (Lipinski definition) is 6. The van der Waals surface area contributed by atoms with Crippen molar-refractivity contribution in [2.75, 3.05) is 45.4 Å². The minimum absolute atomic E-state index is 0.319. The predicted molar refractivity (Wildman–Crippen MR) is 113 cm³/mol. The number of amides is 2. The van der Waals surface area contributed by atoms with Gasteiger partial charge in [-0.15, -0.1) is 0 Å². The van der Waals surface area contributed by atoms with E-state index < -0.39 is 0 Å². The Hall–Kier alpha value is -3.32. The topological polar surface area (TPSA) is 68.3 Å². The summed E-state index contributed by atoms with van der Waals surface area (Å²) in [5.74, 6) is 0.393. The number of methoxy groups -OCH3 is 2. The van der Waals surface area contributed by atoms with Gasteiger partial charge in [0.05, 0.1) is 38.7 Å². The Labute approximate surface area is 175 Å². The number of benzene rings is 2. The molecule has 2 aromatic carbocycles. The minimum atomic E-state index is -0.344. The number of morpholine rings is 1. The van der Waals surface area contributed by atoms with Crippen molar-refractivity contribution in [2.24, 2.45) is 0 Å². The molecule has 2 amide bonds. The molecule has 4 rings (SSSR count). The van der Waals surface area contributed by atoms with E-state index in [0.717, 1.165) is 5.56 Å². The SMILES string of the molecule is COc1ccc(C2=C(N3CCOCC3)C(=O)N(c3ccccc3C)C2=O)cc1OC. The molecule has 7 heteroatoms. The maximum atomic E-state index is 13.6. The third-order valence-electron chi connectivity index (χ3n) is 5.42. The van der Waals surface area contributed by atoms with Crippen LogP contribution in [-0.4, -0.2) is 57.2 Å². The molecule has 0 unspecified atom stereocenters. The van der Waals surface area contributed by atoms with Crippen LogP contribution in [0.4, 0.5) is 5.69 Å². The van der Waals surface area contributed by atoms with E-state index in [2.05, 4.69) is 0 Å². The van der Waals surface area contributed by atoms with E-state index in [0.29, 0.717) is 60.3 Å². The molecule has 0 bridgehead atoms. The molecular formula is C23H24N2O5. The summed E-state index contributed by atoms with van der Waals surface area (Å²) >= 11 is 0. The van der Waals surface area contributed by atoms with Gasteiger partial charge in [-0.1, -0.05) is 24.3 Å². The highest BCUT2D eigenvalue weighted by atomic mass is 16.5. The van der Waals surface area contributed by atoms with E-state index in [1.807, 2.05) is 30.0 Å². The monoisotopic (exact) mass is 408 g/mol. The molecule has 1 fully saturated rings. The summed E-state index contributed by atoms with van der Waals surface area (Å²) in [5, 5.41) is 0. The lowest BCUT2D eigenvalue weighted by Gasteiger charge is -2.29. The standard InChI is InChI=1S/C23H24N2O5/c1-15-6-4-5-7-17(15)25-22(26)20(16-8-9-18(28-2)19(14-16)29-3)21(23(25)27)24-10-12-30-13-11-24/h4-9,14H,10-13H2,1-3H3. The summed E-state index contributed by atoms with van der Waals surface area (Å²) in [6.45, 7) is 4.00. The van der Waals surface area contributed by atoms with Gasteiger partial charge in [-0.3, -0.25) is 9.59 Å². The molecular weight excluding hydrogens is 384 g/mol. The number of nitrogens with zero attached hydrogens (tertiary/aromatic N) is 2. The molecule has 7 nitrogen and oxygen atoms in total. The van der Waals surface area contributed by atoms with Crippen LogP contribution in [0.15, 0.2) is 48.2 Å². The van der Waals surface area contributed by atoms with E-state index >= 15 is 0 Å². The second-order valence-corrected chi connectivity index (χ2v) is 7.12. The second kappa shape index (κ2) is 8.20. The second-order valence-electron chi connectivity index (χ2n) is 7.12. The lowest BCUT2D eigenvalue weighted by atomic mass is 10.0. The highest BCUT2D eigenvalue weighted by molar-refractivity contribution is 6.45. The lowest BCUT2D eigenvalue weighted by molar-refractivity contribution is -0.121. The number of carbonyl (C=O) groups excluding carboxylic acids is 2. The molecule has 2 aliphatic rings. The molecule has 0 N–H and O–H groups in total. The van der Waals surface area contributed by atoms with E-state index in [4.69, 9.17) is 14.2 Å². The summed E-state index contributed by atoms with van der Waals surface area (Å²) in [5.41, 5.74) is 2.83. The Balaban J connectivity index is 1.86. The van der Waals surface area contributed by atoms with Crippen molar-refractivity contribution in [1.82, 2.24) is 4.90 Å². The van der Waals surface area contributed by atoms with Crippen molar-refractivity contribution in [3.8, 4) is 11.5 Å². The maximum absolute atomic E-state index is 13.6. The Morgan fingerprint density at radius 2 is 1.60 bits per heavy atom. The maximum Gasteiger partial charge on any atom is 0.282 e. The zero-order chi connectivity index (χ0) is 21.3. The van der Waals surface area contributed by atoms with Gasteiger partial charge in [-0.2, -0.15) is 0 Å². The van der Waals surface area contributed by atoms with Crippen LogP contribution in [0, 0.1) is 6.92 Å². The third-order valence-corrected chi connectivity index (χ3v) is 5.42. The van der Waals surface area contributed by atoms with Crippen LogP contribution >= 0.6 is 0 Å². The smallest absolute Gasteiger partial charge is 0.282 e. The van der Waals surface area contributed by atoms with E-state index in [1.165, 1.54) is 4.90 Å². The van der Waals surface area contributed by atoms with Crippen molar-refractivity contribution in [3.05, 3.63) is 59.3 Å². The number of imide groups is 1. The minimum Gasteiger partial charge on any atom is -0.493 e. The summed E-state index contributed by atoms with van der Waals surface area (Å²) in [4.78, 5) is 30.3. The molecule has 0 radical (unpaired) electrons. The molecule has 2 aromatic rings. The number of carbonyl (C=O) groups is 2. The summed E-state index contributed by atoms with van der Waals surface area (Å²) < 4.78 is 16.2. The normalized spacial score (nSPS) is 17.0. The number of rotatable bonds is 5. The van der Waals surface area contributed by atoms with Crippen LogP contribution in [0.3, 0.4) is 0 Å². The summed E-state index contributed by atoms with van der Waals surface area (Å²) in [6, 6.07) is 12.6. The average Bonchev–Trinajstić information content (AvgIpc) is 3.04. The number of ether oxygens (including phenoxy) is 3. The van der Waals surface area contributed by atoms with Crippen LogP contribution in [0.2, 0.25) is 0 Å². The van der Waals surface area contributed by atoms with Crippen molar-refractivity contribution in [3.63, 3.8) is 0 Å². The van der Waals surface area contributed by atoms with Gasteiger partial charge in [0.2, 0.25) is 0 Å². The van der Waals surface area contributed by atoms with Crippen molar-refractivity contribution >= 4 is 23.1 Å². The summed E-state index contributed by atoms with van der Waals surface area (Å²) in [7, 11) is 3.10. The molecule has 0 aromatic heterocycles. The van der Waals surface area contributed by atoms with Gasteiger partial charge < -0.3 is 19.1 Å². The molecule has 2 heterocycles. The van der Waals surface area contributed by atoms with Crippen molar-refractivity contribution in [2.45, 2.75) is 6.92 Å². The number of anilines is 1. The first-order valence-corrected chi connectivity index (χ1v) is 9.80. The lowest BCUT2D eigenvalue weighted by Crippen LogP contribution is -2.40. The van der Waals surface area contributed by atoms with Crippen LogP contribution in [0.5, 0.6) is 11.5 Å². The molecule has 0 saturated carbocycles. The third kappa shape index (κ3) is 3.31. The highest BCUT2D eigenvalue weighted by Crippen LogP contribution is 2.38. The first kappa shape index (κ1) is 20.0. The molecule has 0 atom stereocenters. The van der Waals surface area contributed by atoms with E-state index in [9.17, 15) is 9.59 Å². The molecule has 156 valence electrons. The molecule has 2 aliphatic heterocycles. The number of aryl methyl sites for hydroxylation is 1. The van der Waals surface area contributed by atoms with Gasteiger partial charge in [-0.05, 0) is 36.2 Å². The summed E-state index contributed by atoms with van der Waals surface area (Å²) in [6.07, 6.45) is 0. The van der Waals surface area contributed by atoms with Crippen molar-refractivity contribution < 1.29 is 23.8 Å². The fourth-order valence-electron chi connectivity index (χ4n) is 3.88. The number of hydrogen-bond donors (Lipinski definition) is 0. The highest BCUT2D eigenvalue weighted by Gasteiger charge is 2.43. The first-order chi connectivity index (χ1) is 14.6. The zero-order valence-electron chi connectivity index (χ0n) is 17.3. The Kier molecular flexibility index (Phi) is 5.46. The Morgan fingerprint density at radius 1 is 0.900 bits per heavy atom. The van der Waals surface area contributed by atoms with Crippen LogP contribution < -0.4 is 14.4 Å². The fourth-order valence-corrected chi connectivity index (χ4v) is 3.88. The van der Waals surface area contributed by atoms with Gasteiger partial charge in [0.15, 0.2) is 11.5 Å². The van der Waals surface area contributed by atoms with Gasteiger partial charge >= 0.3 is 0 Å².